The number of aliphatic hydroxyl groups excluding tert-OH is 1. The van der Waals surface area contributed by atoms with E-state index in [2.05, 4.69) is 4.98 Å². The second kappa shape index (κ2) is 8.65. The first-order valence-corrected chi connectivity index (χ1v) is 10.4. The first kappa shape index (κ1) is 21.9. The molecule has 2 aromatic carbocycles. The second-order valence-electron chi connectivity index (χ2n) is 7.18. The van der Waals surface area contributed by atoms with Crippen molar-refractivity contribution in [3.63, 3.8) is 0 Å². The van der Waals surface area contributed by atoms with Crippen molar-refractivity contribution in [3.05, 3.63) is 93.2 Å². The number of rotatable bonds is 4. The van der Waals surface area contributed by atoms with Crippen LogP contribution in [0.5, 0.6) is 5.75 Å². The first-order valence-electron chi connectivity index (χ1n) is 9.65. The van der Waals surface area contributed by atoms with E-state index in [1.54, 1.807) is 61.8 Å². The largest absolute Gasteiger partial charge is 0.507 e. The maximum absolute atomic E-state index is 13.2. The number of anilines is 1. The molecule has 0 saturated carbocycles. The van der Waals surface area contributed by atoms with E-state index >= 15 is 0 Å². The van der Waals surface area contributed by atoms with Gasteiger partial charge in [0, 0.05) is 28.1 Å². The van der Waals surface area contributed by atoms with E-state index < -0.39 is 23.5 Å². The van der Waals surface area contributed by atoms with Crippen LogP contribution in [0.25, 0.3) is 5.76 Å². The number of pyridine rings is 1. The number of ketones is 1. The van der Waals surface area contributed by atoms with Crippen molar-refractivity contribution in [2.24, 2.45) is 0 Å². The van der Waals surface area contributed by atoms with Crippen LogP contribution >= 0.6 is 23.2 Å². The molecule has 0 spiro atoms. The lowest BCUT2D eigenvalue weighted by molar-refractivity contribution is -0.132. The van der Waals surface area contributed by atoms with Crippen molar-refractivity contribution in [2.45, 2.75) is 13.0 Å². The van der Waals surface area contributed by atoms with Crippen molar-refractivity contribution in [2.75, 3.05) is 12.0 Å². The number of hydrogen-bond donors (Lipinski definition) is 1. The molecular weight excluding hydrogens is 451 g/mol. The smallest absolute Gasteiger partial charge is 0.300 e. The minimum atomic E-state index is -0.926. The van der Waals surface area contributed by atoms with E-state index in [1.165, 1.54) is 18.1 Å². The zero-order valence-corrected chi connectivity index (χ0v) is 18.7. The Hall–Kier alpha value is -3.35. The van der Waals surface area contributed by atoms with Gasteiger partial charge in [0.1, 0.15) is 11.5 Å². The molecule has 1 saturated heterocycles. The fourth-order valence-corrected chi connectivity index (χ4v) is 4.14. The molecule has 6 nitrogen and oxygen atoms in total. The normalized spacial score (nSPS) is 17.6. The number of benzene rings is 2. The van der Waals surface area contributed by atoms with Crippen LogP contribution in [0.15, 0.2) is 66.5 Å². The SMILES string of the molecule is COc1ccc(Cl)cc1/C(O)=C1\C(=O)C(=O)N(c2cccc(Cl)c2C)C1c1cccnc1. The van der Waals surface area contributed by atoms with Gasteiger partial charge < -0.3 is 9.84 Å². The van der Waals surface area contributed by atoms with E-state index in [-0.39, 0.29) is 11.1 Å². The molecule has 1 atom stereocenters. The highest BCUT2D eigenvalue weighted by atomic mass is 35.5. The van der Waals surface area contributed by atoms with Gasteiger partial charge in [-0.2, -0.15) is 0 Å². The van der Waals surface area contributed by atoms with E-state index in [0.717, 1.165) is 0 Å². The van der Waals surface area contributed by atoms with E-state index in [9.17, 15) is 14.7 Å². The molecule has 1 N–H and O–H groups in total. The van der Waals surface area contributed by atoms with Crippen molar-refractivity contribution in [1.82, 2.24) is 4.98 Å². The Balaban J connectivity index is 2.01. The van der Waals surface area contributed by atoms with Crippen LogP contribution in [0, 0.1) is 6.92 Å². The van der Waals surface area contributed by atoms with Crippen molar-refractivity contribution in [3.8, 4) is 5.75 Å². The van der Waals surface area contributed by atoms with Crippen LogP contribution in [0.3, 0.4) is 0 Å². The van der Waals surface area contributed by atoms with Gasteiger partial charge in [0.15, 0.2) is 0 Å². The number of carbonyl (C=O) groups is 2. The number of aliphatic hydroxyl groups is 1. The van der Waals surface area contributed by atoms with Gasteiger partial charge in [0.25, 0.3) is 11.7 Å². The number of carbonyl (C=O) groups excluding carboxylic acids is 2. The molecule has 1 unspecified atom stereocenters. The van der Waals surface area contributed by atoms with Crippen LogP contribution in [0.4, 0.5) is 5.69 Å². The molecule has 8 heteroatoms. The number of Topliss-reactive ketones (excluding diaryl/α,β-unsaturated/α-hetero) is 1. The zero-order chi connectivity index (χ0) is 23.0. The Labute approximate surface area is 194 Å². The van der Waals surface area contributed by atoms with Gasteiger partial charge in [-0.1, -0.05) is 35.3 Å². The van der Waals surface area contributed by atoms with Gasteiger partial charge in [-0.25, -0.2) is 0 Å². The minimum Gasteiger partial charge on any atom is -0.507 e. The van der Waals surface area contributed by atoms with Crippen molar-refractivity contribution in [1.29, 1.82) is 0 Å². The molecule has 162 valence electrons. The summed E-state index contributed by atoms with van der Waals surface area (Å²) in [6, 6.07) is 12.3. The maximum atomic E-state index is 13.2. The van der Waals surface area contributed by atoms with Crippen molar-refractivity contribution < 1.29 is 19.4 Å². The number of halogens is 2. The summed E-state index contributed by atoms with van der Waals surface area (Å²) in [5, 5.41) is 12.0. The number of nitrogens with zero attached hydrogens (tertiary/aromatic N) is 2. The van der Waals surface area contributed by atoms with Gasteiger partial charge in [-0.15, -0.1) is 0 Å². The second-order valence-corrected chi connectivity index (χ2v) is 8.03. The van der Waals surface area contributed by atoms with Crippen LogP contribution in [0.2, 0.25) is 10.0 Å². The summed E-state index contributed by atoms with van der Waals surface area (Å²) in [5.74, 6) is -1.70. The van der Waals surface area contributed by atoms with Gasteiger partial charge in [0.05, 0.1) is 24.3 Å². The highest BCUT2D eigenvalue weighted by Gasteiger charge is 2.47. The summed E-state index contributed by atoms with van der Waals surface area (Å²) in [6.07, 6.45) is 3.13. The number of hydrogen-bond acceptors (Lipinski definition) is 5. The molecule has 32 heavy (non-hydrogen) atoms. The Kier molecular flexibility index (Phi) is 5.91. The molecule has 1 aliphatic heterocycles. The average Bonchev–Trinajstić information content (AvgIpc) is 3.06. The van der Waals surface area contributed by atoms with Crippen LogP contribution in [0.1, 0.15) is 22.7 Å². The summed E-state index contributed by atoms with van der Waals surface area (Å²) < 4.78 is 5.34. The molecule has 0 radical (unpaired) electrons. The zero-order valence-electron chi connectivity index (χ0n) is 17.2. The topological polar surface area (TPSA) is 79.7 Å². The lowest BCUT2D eigenvalue weighted by Crippen LogP contribution is -2.30. The molecular formula is C24H18Cl2N2O4. The number of aromatic nitrogens is 1. The molecule has 2 heterocycles. The van der Waals surface area contributed by atoms with Crippen LogP contribution in [-0.4, -0.2) is 28.9 Å². The monoisotopic (exact) mass is 468 g/mol. The third kappa shape index (κ3) is 3.61. The van der Waals surface area contributed by atoms with Crippen LogP contribution in [-0.2, 0) is 9.59 Å². The quantitative estimate of drug-likeness (QED) is 0.317. The van der Waals surface area contributed by atoms with E-state index in [4.69, 9.17) is 27.9 Å². The third-order valence-corrected chi connectivity index (χ3v) is 6.00. The Morgan fingerprint density at radius 3 is 2.59 bits per heavy atom. The Morgan fingerprint density at radius 1 is 1.12 bits per heavy atom. The third-order valence-electron chi connectivity index (χ3n) is 5.36. The van der Waals surface area contributed by atoms with Gasteiger partial charge in [0.2, 0.25) is 0 Å². The average molecular weight is 469 g/mol. The Bertz CT molecular complexity index is 1260. The maximum Gasteiger partial charge on any atom is 0.300 e. The van der Waals surface area contributed by atoms with Crippen molar-refractivity contribution >= 4 is 46.3 Å². The summed E-state index contributed by atoms with van der Waals surface area (Å²) in [4.78, 5) is 31.9. The molecule has 0 bridgehead atoms. The molecule has 1 aromatic heterocycles. The molecule has 3 aromatic rings. The lowest BCUT2D eigenvalue weighted by atomic mass is 9.95. The Morgan fingerprint density at radius 2 is 1.91 bits per heavy atom. The minimum absolute atomic E-state index is 0.0945. The highest BCUT2D eigenvalue weighted by molar-refractivity contribution is 6.52. The molecule has 0 aliphatic carbocycles. The molecule has 1 aliphatic rings. The molecule has 4 rings (SSSR count). The van der Waals surface area contributed by atoms with Gasteiger partial charge in [-0.05, 0) is 54.4 Å². The highest BCUT2D eigenvalue weighted by Crippen LogP contribution is 2.44. The summed E-state index contributed by atoms with van der Waals surface area (Å²) >= 11 is 12.4. The molecule has 1 fully saturated rings. The van der Waals surface area contributed by atoms with Crippen LogP contribution < -0.4 is 9.64 Å². The van der Waals surface area contributed by atoms with E-state index in [0.29, 0.717) is 32.6 Å². The predicted octanol–water partition coefficient (Wildman–Crippen LogP) is 5.33. The number of ether oxygens (including phenoxy) is 1. The van der Waals surface area contributed by atoms with E-state index in [1.807, 2.05) is 0 Å². The lowest BCUT2D eigenvalue weighted by Gasteiger charge is -2.27. The molecule has 1 amide bonds. The fourth-order valence-electron chi connectivity index (χ4n) is 3.80. The van der Waals surface area contributed by atoms with Gasteiger partial charge >= 0.3 is 0 Å². The fraction of sp³-hybridized carbons (Fsp3) is 0.125. The number of methoxy groups -OCH3 is 1. The predicted molar refractivity (Wildman–Crippen MR) is 123 cm³/mol. The standard InChI is InChI=1S/C24H18Cl2N2O4/c1-13-17(26)6-3-7-18(13)28-21(14-5-4-10-27-12-14)20(23(30)24(28)31)22(29)16-11-15(25)8-9-19(16)32-2/h3-12,21,29H,1-2H3/b22-20+. The number of amides is 1. The summed E-state index contributed by atoms with van der Waals surface area (Å²) in [5.41, 5.74) is 1.75. The first-order chi connectivity index (χ1) is 15.3. The summed E-state index contributed by atoms with van der Waals surface area (Å²) in [6.45, 7) is 1.76. The van der Waals surface area contributed by atoms with Gasteiger partial charge in [-0.3, -0.25) is 19.5 Å². The summed E-state index contributed by atoms with van der Waals surface area (Å²) in [7, 11) is 1.44.